The van der Waals surface area contributed by atoms with Gasteiger partial charge in [0.2, 0.25) is 0 Å². The SMILES string of the molecule is Cc1ccc(Cl)c(NCc2sc3ccccc3c2Cl)c1. The van der Waals surface area contributed by atoms with E-state index in [4.69, 9.17) is 23.2 Å². The molecule has 0 aliphatic heterocycles. The molecule has 3 rings (SSSR count). The van der Waals surface area contributed by atoms with Gasteiger partial charge >= 0.3 is 0 Å². The Labute approximate surface area is 132 Å². The molecule has 1 N–H and O–H groups in total. The number of thiophene rings is 1. The lowest BCUT2D eigenvalue weighted by Gasteiger charge is -2.08. The third kappa shape index (κ3) is 2.64. The second-order valence-electron chi connectivity index (χ2n) is 4.67. The van der Waals surface area contributed by atoms with Crippen LogP contribution in [0.15, 0.2) is 42.5 Å². The van der Waals surface area contributed by atoms with E-state index in [1.54, 1.807) is 11.3 Å². The van der Waals surface area contributed by atoms with Gasteiger partial charge in [-0.2, -0.15) is 0 Å². The first-order chi connectivity index (χ1) is 9.65. The van der Waals surface area contributed by atoms with Crippen LogP contribution in [0.4, 0.5) is 5.69 Å². The van der Waals surface area contributed by atoms with Gasteiger partial charge in [-0.25, -0.2) is 0 Å². The van der Waals surface area contributed by atoms with E-state index in [2.05, 4.69) is 17.4 Å². The zero-order valence-corrected chi connectivity index (χ0v) is 13.2. The lowest BCUT2D eigenvalue weighted by molar-refractivity contribution is 1.19. The molecular weight excluding hydrogens is 309 g/mol. The summed E-state index contributed by atoms with van der Waals surface area (Å²) in [6.07, 6.45) is 0. The van der Waals surface area contributed by atoms with Gasteiger partial charge in [0, 0.05) is 15.0 Å². The highest BCUT2D eigenvalue weighted by Gasteiger charge is 2.10. The van der Waals surface area contributed by atoms with Crippen LogP contribution in [0.3, 0.4) is 0 Å². The van der Waals surface area contributed by atoms with E-state index < -0.39 is 0 Å². The van der Waals surface area contributed by atoms with Crippen molar-refractivity contribution < 1.29 is 0 Å². The van der Waals surface area contributed by atoms with Gasteiger partial charge in [0.15, 0.2) is 0 Å². The Balaban J connectivity index is 1.87. The standard InChI is InChI=1S/C16H13Cl2NS/c1-10-6-7-12(17)13(8-10)19-9-15-16(18)11-4-2-3-5-14(11)20-15/h2-8,19H,9H2,1H3. The van der Waals surface area contributed by atoms with Crippen molar-refractivity contribution in [3.8, 4) is 0 Å². The smallest absolute Gasteiger partial charge is 0.0642 e. The average molecular weight is 322 g/mol. The van der Waals surface area contributed by atoms with Gasteiger partial charge in [0.25, 0.3) is 0 Å². The maximum absolute atomic E-state index is 6.43. The summed E-state index contributed by atoms with van der Waals surface area (Å²) in [6, 6.07) is 14.1. The predicted octanol–water partition coefficient (Wildman–Crippen LogP) is 6.13. The van der Waals surface area contributed by atoms with E-state index in [9.17, 15) is 0 Å². The number of hydrogen-bond acceptors (Lipinski definition) is 2. The molecule has 0 spiro atoms. The number of benzene rings is 2. The van der Waals surface area contributed by atoms with Gasteiger partial charge in [-0.3, -0.25) is 0 Å². The molecule has 0 saturated carbocycles. The molecule has 4 heteroatoms. The minimum atomic E-state index is 0.682. The molecule has 1 aromatic heterocycles. The lowest BCUT2D eigenvalue weighted by atomic mass is 10.2. The summed E-state index contributed by atoms with van der Waals surface area (Å²) < 4.78 is 1.21. The third-order valence-electron chi connectivity index (χ3n) is 3.16. The largest absolute Gasteiger partial charge is 0.379 e. The summed E-state index contributed by atoms with van der Waals surface area (Å²) in [5, 5.41) is 6.05. The maximum atomic E-state index is 6.43. The van der Waals surface area contributed by atoms with Gasteiger partial charge in [0.05, 0.1) is 22.3 Å². The Bertz CT molecular complexity index is 764. The van der Waals surface area contributed by atoms with Crippen molar-refractivity contribution in [3.05, 3.63) is 63.0 Å². The molecule has 0 atom stereocenters. The van der Waals surface area contributed by atoms with Crippen molar-refractivity contribution in [3.63, 3.8) is 0 Å². The molecule has 1 nitrogen and oxygen atoms in total. The van der Waals surface area contributed by atoms with Crippen LogP contribution >= 0.6 is 34.5 Å². The summed E-state index contributed by atoms with van der Waals surface area (Å²) in [6.45, 7) is 2.73. The number of fused-ring (bicyclic) bond motifs is 1. The van der Waals surface area contributed by atoms with E-state index in [-0.39, 0.29) is 0 Å². The highest BCUT2D eigenvalue weighted by atomic mass is 35.5. The van der Waals surface area contributed by atoms with Crippen LogP contribution in [0.2, 0.25) is 10.0 Å². The Kier molecular flexibility index (Phi) is 3.88. The topological polar surface area (TPSA) is 12.0 Å². The van der Waals surface area contributed by atoms with Crippen LogP contribution in [-0.2, 0) is 6.54 Å². The molecule has 0 amide bonds. The Morgan fingerprint density at radius 1 is 1.10 bits per heavy atom. The van der Waals surface area contributed by atoms with Crippen LogP contribution < -0.4 is 5.32 Å². The number of hydrogen-bond donors (Lipinski definition) is 1. The Morgan fingerprint density at radius 3 is 2.70 bits per heavy atom. The second kappa shape index (κ2) is 5.65. The summed E-state index contributed by atoms with van der Waals surface area (Å²) in [7, 11) is 0. The normalized spacial score (nSPS) is 10.9. The number of rotatable bonds is 3. The van der Waals surface area contributed by atoms with Crippen molar-refractivity contribution >= 4 is 50.3 Å². The summed E-state index contributed by atoms with van der Waals surface area (Å²) in [5.41, 5.74) is 2.12. The van der Waals surface area contributed by atoms with Crippen molar-refractivity contribution in [2.24, 2.45) is 0 Å². The minimum absolute atomic E-state index is 0.682. The molecule has 0 unspecified atom stereocenters. The van der Waals surface area contributed by atoms with E-state index in [1.165, 1.54) is 10.3 Å². The molecule has 0 radical (unpaired) electrons. The number of aryl methyl sites for hydroxylation is 1. The monoisotopic (exact) mass is 321 g/mol. The van der Waals surface area contributed by atoms with E-state index in [0.29, 0.717) is 6.54 Å². The Hall–Kier alpha value is -1.22. The van der Waals surface area contributed by atoms with E-state index in [0.717, 1.165) is 26.0 Å². The van der Waals surface area contributed by atoms with Gasteiger partial charge in [-0.1, -0.05) is 47.5 Å². The van der Waals surface area contributed by atoms with Crippen molar-refractivity contribution in [2.45, 2.75) is 13.5 Å². The first-order valence-corrected chi connectivity index (χ1v) is 7.88. The number of nitrogens with one attached hydrogen (secondary N) is 1. The first kappa shape index (κ1) is 13.7. The molecule has 102 valence electrons. The molecule has 2 aromatic carbocycles. The minimum Gasteiger partial charge on any atom is -0.379 e. The van der Waals surface area contributed by atoms with Crippen LogP contribution in [0, 0.1) is 6.92 Å². The van der Waals surface area contributed by atoms with Gasteiger partial charge in [0.1, 0.15) is 0 Å². The molecule has 0 bridgehead atoms. The van der Waals surface area contributed by atoms with Crippen molar-refractivity contribution in [2.75, 3.05) is 5.32 Å². The zero-order valence-electron chi connectivity index (χ0n) is 10.9. The molecule has 0 aliphatic rings. The summed E-state index contributed by atoms with van der Waals surface area (Å²) in [4.78, 5) is 1.13. The van der Waals surface area contributed by atoms with Crippen LogP contribution in [0.25, 0.3) is 10.1 Å². The summed E-state index contributed by atoms with van der Waals surface area (Å²) in [5.74, 6) is 0. The highest BCUT2D eigenvalue weighted by Crippen LogP contribution is 2.36. The maximum Gasteiger partial charge on any atom is 0.0642 e. The zero-order chi connectivity index (χ0) is 14.1. The number of anilines is 1. The second-order valence-corrected chi connectivity index (χ2v) is 6.59. The molecule has 0 fully saturated rings. The molecule has 0 aliphatic carbocycles. The molecule has 0 saturated heterocycles. The van der Waals surface area contributed by atoms with Crippen LogP contribution in [-0.4, -0.2) is 0 Å². The molecule has 1 heterocycles. The fraction of sp³-hybridized carbons (Fsp3) is 0.125. The molecule has 20 heavy (non-hydrogen) atoms. The fourth-order valence-electron chi connectivity index (χ4n) is 2.13. The Morgan fingerprint density at radius 2 is 1.90 bits per heavy atom. The predicted molar refractivity (Wildman–Crippen MR) is 90.4 cm³/mol. The van der Waals surface area contributed by atoms with E-state index >= 15 is 0 Å². The van der Waals surface area contributed by atoms with Crippen molar-refractivity contribution in [1.29, 1.82) is 0 Å². The van der Waals surface area contributed by atoms with Gasteiger partial charge in [-0.05, 0) is 30.7 Å². The fourth-order valence-corrected chi connectivity index (χ4v) is 3.75. The first-order valence-electron chi connectivity index (χ1n) is 6.31. The van der Waals surface area contributed by atoms with E-state index in [1.807, 2.05) is 37.3 Å². The summed E-state index contributed by atoms with van der Waals surface area (Å²) >= 11 is 14.3. The third-order valence-corrected chi connectivity index (χ3v) is 5.21. The number of halogens is 2. The van der Waals surface area contributed by atoms with Crippen molar-refractivity contribution in [1.82, 2.24) is 0 Å². The molecular formula is C16H13Cl2NS. The van der Waals surface area contributed by atoms with Crippen LogP contribution in [0.1, 0.15) is 10.4 Å². The quantitative estimate of drug-likeness (QED) is 0.612. The van der Waals surface area contributed by atoms with Gasteiger partial charge < -0.3 is 5.32 Å². The average Bonchev–Trinajstić information content (AvgIpc) is 2.77. The van der Waals surface area contributed by atoms with Crippen LogP contribution in [0.5, 0.6) is 0 Å². The lowest BCUT2D eigenvalue weighted by Crippen LogP contribution is -1.98. The molecule has 3 aromatic rings. The van der Waals surface area contributed by atoms with Gasteiger partial charge in [-0.15, -0.1) is 11.3 Å². The highest BCUT2D eigenvalue weighted by molar-refractivity contribution is 7.19.